The SMILES string of the molecule is CN(C)CC(N)c1noc(-c2ccc3c(c2)CCC3)n1. The summed E-state index contributed by atoms with van der Waals surface area (Å²) in [7, 11) is 3.95. The Kier molecular flexibility index (Phi) is 3.54. The highest BCUT2D eigenvalue weighted by Gasteiger charge is 2.18. The summed E-state index contributed by atoms with van der Waals surface area (Å²) in [6, 6.07) is 6.16. The lowest BCUT2D eigenvalue weighted by Gasteiger charge is -2.12. The van der Waals surface area contributed by atoms with Crippen LogP contribution in [0.5, 0.6) is 0 Å². The Bertz CT molecular complexity index is 606. The Labute approximate surface area is 118 Å². The zero-order valence-corrected chi connectivity index (χ0v) is 12.0. The molecular weight excluding hydrogens is 252 g/mol. The molecule has 0 saturated carbocycles. The lowest BCUT2D eigenvalue weighted by Crippen LogP contribution is -2.26. The molecule has 0 amide bonds. The molecule has 1 unspecified atom stereocenters. The van der Waals surface area contributed by atoms with Crippen LogP contribution in [0.3, 0.4) is 0 Å². The molecule has 3 rings (SSSR count). The number of fused-ring (bicyclic) bond motifs is 1. The average Bonchev–Trinajstić information content (AvgIpc) is 3.06. The standard InChI is InChI=1S/C15H20N4O/c1-19(2)9-13(16)14-17-15(20-18-14)12-7-6-10-4-3-5-11(10)8-12/h6-8,13H,3-5,9,16H2,1-2H3. The third kappa shape index (κ3) is 2.59. The Morgan fingerprint density at radius 3 is 2.90 bits per heavy atom. The largest absolute Gasteiger partial charge is 0.334 e. The van der Waals surface area contributed by atoms with Crippen LogP contribution in [0.2, 0.25) is 0 Å². The van der Waals surface area contributed by atoms with Crippen molar-refractivity contribution >= 4 is 0 Å². The molecule has 0 aliphatic heterocycles. The first-order valence-corrected chi connectivity index (χ1v) is 6.99. The number of rotatable bonds is 4. The van der Waals surface area contributed by atoms with E-state index in [1.54, 1.807) is 0 Å². The van der Waals surface area contributed by atoms with E-state index in [-0.39, 0.29) is 6.04 Å². The minimum absolute atomic E-state index is 0.225. The van der Waals surface area contributed by atoms with Gasteiger partial charge < -0.3 is 15.2 Å². The van der Waals surface area contributed by atoms with Gasteiger partial charge in [0.2, 0.25) is 0 Å². The van der Waals surface area contributed by atoms with Crippen molar-refractivity contribution in [1.82, 2.24) is 15.0 Å². The highest BCUT2D eigenvalue weighted by atomic mass is 16.5. The lowest BCUT2D eigenvalue weighted by molar-refractivity contribution is 0.357. The molecule has 1 aromatic carbocycles. The van der Waals surface area contributed by atoms with Crippen LogP contribution in [0.4, 0.5) is 0 Å². The third-order valence-electron chi connectivity index (χ3n) is 3.68. The molecule has 2 N–H and O–H groups in total. The minimum atomic E-state index is -0.225. The van der Waals surface area contributed by atoms with E-state index in [1.165, 1.54) is 24.0 Å². The van der Waals surface area contributed by atoms with Crippen LogP contribution in [0, 0.1) is 0 Å². The monoisotopic (exact) mass is 272 g/mol. The highest BCUT2D eigenvalue weighted by molar-refractivity contribution is 5.56. The second-order valence-electron chi connectivity index (χ2n) is 5.66. The summed E-state index contributed by atoms with van der Waals surface area (Å²) in [6.07, 6.45) is 3.56. The smallest absolute Gasteiger partial charge is 0.257 e. The van der Waals surface area contributed by atoms with Crippen molar-refractivity contribution in [3.63, 3.8) is 0 Å². The van der Waals surface area contributed by atoms with Gasteiger partial charge in [-0.25, -0.2) is 0 Å². The molecule has 2 aromatic rings. The molecule has 1 aliphatic carbocycles. The molecule has 0 saturated heterocycles. The fourth-order valence-corrected chi connectivity index (χ4v) is 2.68. The molecule has 5 heteroatoms. The summed E-state index contributed by atoms with van der Waals surface area (Å²) in [5.74, 6) is 1.12. The minimum Gasteiger partial charge on any atom is -0.334 e. The number of benzene rings is 1. The molecule has 1 aromatic heterocycles. The van der Waals surface area contributed by atoms with E-state index in [1.807, 2.05) is 19.0 Å². The third-order valence-corrected chi connectivity index (χ3v) is 3.68. The van der Waals surface area contributed by atoms with Crippen LogP contribution >= 0.6 is 0 Å². The van der Waals surface area contributed by atoms with Crippen molar-refractivity contribution < 1.29 is 4.52 Å². The molecule has 0 bridgehead atoms. The summed E-state index contributed by atoms with van der Waals surface area (Å²) in [5, 5.41) is 4.00. The van der Waals surface area contributed by atoms with Crippen LogP contribution in [0.25, 0.3) is 11.5 Å². The molecule has 0 spiro atoms. The normalized spacial score (nSPS) is 15.6. The molecule has 5 nitrogen and oxygen atoms in total. The van der Waals surface area contributed by atoms with Gasteiger partial charge in [0.15, 0.2) is 5.82 Å². The Balaban J connectivity index is 1.83. The fourth-order valence-electron chi connectivity index (χ4n) is 2.68. The highest BCUT2D eigenvalue weighted by Crippen LogP contribution is 2.27. The second-order valence-corrected chi connectivity index (χ2v) is 5.66. The van der Waals surface area contributed by atoms with Gasteiger partial charge >= 0.3 is 0 Å². The molecule has 1 aliphatic rings. The van der Waals surface area contributed by atoms with E-state index in [0.717, 1.165) is 12.0 Å². The quantitative estimate of drug-likeness (QED) is 0.919. The van der Waals surface area contributed by atoms with Crippen LogP contribution < -0.4 is 5.73 Å². The zero-order valence-electron chi connectivity index (χ0n) is 12.0. The molecule has 0 radical (unpaired) electrons. The first-order chi connectivity index (χ1) is 9.63. The number of hydrogen-bond acceptors (Lipinski definition) is 5. The summed E-state index contributed by atoms with van der Waals surface area (Å²) >= 11 is 0. The van der Waals surface area contributed by atoms with Gasteiger partial charge in [0.05, 0.1) is 6.04 Å². The Morgan fingerprint density at radius 2 is 2.10 bits per heavy atom. The molecule has 1 atom stereocenters. The maximum absolute atomic E-state index is 6.05. The molecule has 20 heavy (non-hydrogen) atoms. The van der Waals surface area contributed by atoms with E-state index in [2.05, 4.69) is 28.3 Å². The van der Waals surface area contributed by atoms with Crippen LogP contribution in [-0.2, 0) is 12.8 Å². The van der Waals surface area contributed by atoms with Crippen LogP contribution in [0.1, 0.15) is 29.4 Å². The van der Waals surface area contributed by atoms with E-state index >= 15 is 0 Å². The van der Waals surface area contributed by atoms with Crippen molar-refractivity contribution in [3.05, 3.63) is 35.2 Å². The van der Waals surface area contributed by atoms with Crippen molar-refractivity contribution in [2.24, 2.45) is 5.73 Å². The summed E-state index contributed by atoms with van der Waals surface area (Å²) in [6.45, 7) is 0.698. The van der Waals surface area contributed by atoms with Crippen molar-refractivity contribution in [2.45, 2.75) is 25.3 Å². The zero-order chi connectivity index (χ0) is 14.1. The molecule has 0 fully saturated rings. The first kappa shape index (κ1) is 13.3. The fraction of sp³-hybridized carbons (Fsp3) is 0.467. The van der Waals surface area contributed by atoms with Crippen LogP contribution in [0.15, 0.2) is 22.7 Å². The van der Waals surface area contributed by atoms with Crippen molar-refractivity contribution in [1.29, 1.82) is 0 Å². The van der Waals surface area contributed by atoms with Crippen molar-refractivity contribution in [3.8, 4) is 11.5 Å². The molecular formula is C15H20N4O. The van der Waals surface area contributed by atoms with Gasteiger partial charge in [0, 0.05) is 12.1 Å². The van der Waals surface area contributed by atoms with Gasteiger partial charge in [0.1, 0.15) is 0 Å². The number of aryl methyl sites for hydroxylation is 2. The topological polar surface area (TPSA) is 68.2 Å². The number of nitrogens with zero attached hydrogens (tertiary/aromatic N) is 3. The Morgan fingerprint density at radius 1 is 1.30 bits per heavy atom. The predicted octanol–water partition coefficient (Wildman–Crippen LogP) is 1.79. The second kappa shape index (κ2) is 5.34. The van der Waals surface area contributed by atoms with Crippen LogP contribution in [-0.4, -0.2) is 35.7 Å². The van der Waals surface area contributed by atoms with Gasteiger partial charge in [0.25, 0.3) is 5.89 Å². The lowest BCUT2D eigenvalue weighted by atomic mass is 10.1. The maximum Gasteiger partial charge on any atom is 0.257 e. The van der Waals surface area contributed by atoms with Gasteiger partial charge in [-0.3, -0.25) is 0 Å². The number of hydrogen-bond donors (Lipinski definition) is 1. The van der Waals surface area contributed by atoms with Gasteiger partial charge in [-0.1, -0.05) is 11.2 Å². The summed E-state index contributed by atoms with van der Waals surface area (Å²) in [4.78, 5) is 6.44. The number of nitrogens with two attached hydrogens (primary N) is 1. The number of likely N-dealkylation sites (N-methyl/N-ethyl adjacent to an activating group) is 1. The summed E-state index contributed by atoms with van der Waals surface area (Å²) in [5.41, 5.74) is 9.88. The average molecular weight is 272 g/mol. The van der Waals surface area contributed by atoms with E-state index in [4.69, 9.17) is 10.3 Å². The van der Waals surface area contributed by atoms with E-state index in [9.17, 15) is 0 Å². The van der Waals surface area contributed by atoms with E-state index < -0.39 is 0 Å². The maximum atomic E-state index is 6.05. The molecule has 1 heterocycles. The summed E-state index contributed by atoms with van der Waals surface area (Å²) < 4.78 is 5.35. The van der Waals surface area contributed by atoms with E-state index in [0.29, 0.717) is 18.3 Å². The van der Waals surface area contributed by atoms with Gasteiger partial charge in [-0.15, -0.1) is 0 Å². The van der Waals surface area contributed by atoms with Gasteiger partial charge in [-0.2, -0.15) is 4.98 Å². The predicted molar refractivity (Wildman–Crippen MR) is 77.2 cm³/mol. The van der Waals surface area contributed by atoms with Gasteiger partial charge in [-0.05, 0) is 56.6 Å². The number of aromatic nitrogens is 2. The molecule has 106 valence electrons. The first-order valence-electron chi connectivity index (χ1n) is 6.99. The Hall–Kier alpha value is -1.72. The van der Waals surface area contributed by atoms with Crippen molar-refractivity contribution in [2.75, 3.05) is 20.6 Å².